The third kappa shape index (κ3) is 4.81. The molecule has 0 bridgehead atoms. The van der Waals surface area contributed by atoms with E-state index in [1.807, 2.05) is 6.07 Å². The molecule has 0 aliphatic heterocycles. The van der Waals surface area contributed by atoms with Crippen molar-refractivity contribution in [3.63, 3.8) is 0 Å². The first-order chi connectivity index (χ1) is 15.5. The van der Waals surface area contributed by atoms with Gasteiger partial charge >= 0.3 is 11.9 Å². The minimum absolute atomic E-state index is 0.169. The molecule has 7 nitrogen and oxygen atoms in total. The number of hydrogen-bond donors (Lipinski definition) is 0. The number of halogens is 1. The van der Waals surface area contributed by atoms with E-state index in [-0.39, 0.29) is 12.6 Å². The number of hydrogen-bond acceptors (Lipinski definition) is 7. The summed E-state index contributed by atoms with van der Waals surface area (Å²) in [6, 6.07) is 18.7. The number of ether oxygens (including phenoxy) is 3. The lowest BCUT2D eigenvalue weighted by Crippen LogP contribution is -2.09. The molecule has 0 spiro atoms. The molecule has 0 aliphatic carbocycles. The highest BCUT2D eigenvalue weighted by Crippen LogP contribution is 2.26. The van der Waals surface area contributed by atoms with E-state index in [1.165, 1.54) is 0 Å². The first kappa shape index (κ1) is 21.6. The molecule has 0 saturated carbocycles. The molecule has 0 N–H and O–H groups in total. The maximum absolute atomic E-state index is 12.4. The summed E-state index contributed by atoms with van der Waals surface area (Å²) >= 11 is 3.34. The van der Waals surface area contributed by atoms with Crippen LogP contribution in [0.5, 0.6) is 11.5 Å². The highest BCUT2D eigenvalue weighted by Gasteiger charge is 2.15. The lowest BCUT2D eigenvalue weighted by Gasteiger charge is -2.06. The molecule has 8 heteroatoms. The summed E-state index contributed by atoms with van der Waals surface area (Å²) < 4.78 is 22.2. The predicted octanol–water partition coefficient (Wildman–Crippen LogP) is 5.57. The average Bonchev–Trinajstić information content (AvgIpc) is 3.20. The van der Waals surface area contributed by atoms with E-state index in [0.29, 0.717) is 45.0 Å². The number of aromatic nitrogens is 1. The van der Waals surface area contributed by atoms with Crippen molar-refractivity contribution in [2.75, 3.05) is 6.61 Å². The van der Waals surface area contributed by atoms with Crippen LogP contribution in [0.2, 0.25) is 0 Å². The smallest absolute Gasteiger partial charge is 0.344 e. The molecule has 0 atom stereocenters. The Kier molecular flexibility index (Phi) is 6.51. The van der Waals surface area contributed by atoms with Crippen molar-refractivity contribution in [3.05, 3.63) is 88.0 Å². The Hall–Kier alpha value is -3.65. The first-order valence-electron chi connectivity index (χ1n) is 9.80. The van der Waals surface area contributed by atoms with Crippen LogP contribution in [0.4, 0.5) is 0 Å². The number of carbonyl (C=O) groups excluding carboxylic acids is 2. The van der Waals surface area contributed by atoms with Crippen molar-refractivity contribution in [1.82, 2.24) is 5.16 Å². The van der Waals surface area contributed by atoms with Gasteiger partial charge in [-0.2, -0.15) is 0 Å². The Labute approximate surface area is 192 Å². The molecular formula is C24H18BrNO6. The molecule has 0 fully saturated rings. The standard InChI is InChI=1S/C24H18BrNO6/c1-2-29-23(27)15-7-9-16(10-8-15)30-14-21-19-12-11-17(13-22(19)32-26-21)31-24(28)18-5-3-4-6-20(18)25/h3-13H,2,14H2,1H3. The van der Waals surface area contributed by atoms with Crippen LogP contribution in [0, 0.1) is 0 Å². The molecule has 0 radical (unpaired) electrons. The van der Waals surface area contributed by atoms with E-state index in [9.17, 15) is 9.59 Å². The summed E-state index contributed by atoms with van der Waals surface area (Å²) in [6.07, 6.45) is 0. The largest absolute Gasteiger partial charge is 0.487 e. The molecule has 1 aromatic heterocycles. The zero-order valence-electron chi connectivity index (χ0n) is 17.0. The summed E-state index contributed by atoms with van der Waals surface area (Å²) in [4.78, 5) is 24.1. The van der Waals surface area contributed by atoms with E-state index >= 15 is 0 Å². The molecule has 1 heterocycles. The van der Waals surface area contributed by atoms with Gasteiger partial charge in [0.25, 0.3) is 0 Å². The second kappa shape index (κ2) is 9.65. The van der Waals surface area contributed by atoms with Gasteiger partial charge < -0.3 is 18.7 Å². The lowest BCUT2D eigenvalue weighted by molar-refractivity contribution is 0.0526. The molecular weight excluding hydrogens is 478 g/mol. The van der Waals surface area contributed by atoms with Gasteiger partial charge in [0.15, 0.2) is 5.58 Å². The Morgan fingerprint density at radius 3 is 2.47 bits per heavy atom. The van der Waals surface area contributed by atoms with Gasteiger partial charge in [-0.15, -0.1) is 0 Å². The van der Waals surface area contributed by atoms with Crippen molar-refractivity contribution < 1.29 is 28.3 Å². The van der Waals surface area contributed by atoms with Gasteiger partial charge in [-0.25, -0.2) is 9.59 Å². The summed E-state index contributed by atoms with van der Waals surface area (Å²) in [5.74, 6) is 0.0634. The fourth-order valence-corrected chi connectivity index (χ4v) is 3.43. The number of fused-ring (bicyclic) bond motifs is 1. The zero-order chi connectivity index (χ0) is 22.5. The van der Waals surface area contributed by atoms with Crippen LogP contribution in [-0.4, -0.2) is 23.7 Å². The van der Waals surface area contributed by atoms with Gasteiger partial charge in [0.05, 0.1) is 17.7 Å². The highest BCUT2D eigenvalue weighted by atomic mass is 79.9. The van der Waals surface area contributed by atoms with E-state index in [2.05, 4.69) is 21.1 Å². The molecule has 0 unspecified atom stereocenters. The first-order valence-corrected chi connectivity index (χ1v) is 10.6. The minimum atomic E-state index is -0.480. The lowest BCUT2D eigenvalue weighted by atomic mass is 10.2. The van der Waals surface area contributed by atoms with Crippen molar-refractivity contribution in [1.29, 1.82) is 0 Å². The van der Waals surface area contributed by atoms with Crippen LogP contribution in [0.15, 0.2) is 75.7 Å². The topological polar surface area (TPSA) is 87.9 Å². The predicted molar refractivity (Wildman–Crippen MR) is 120 cm³/mol. The molecule has 162 valence electrons. The fourth-order valence-electron chi connectivity index (χ4n) is 2.98. The van der Waals surface area contributed by atoms with Gasteiger partial charge in [0.1, 0.15) is 23.8 Å². The van der Waals surface area contributed by atoms with Gasteiger partial charge in [-0.3, -0.25) is 0 Å². The van der Waals surface area contributed by atoms with E-state index in [1.54, 1.807) is 67.6 Å². The van der Waals surface area contributed by atoms with Crippen LogP contribution in [0.25, 0.3) is 11.0 Å². The molecule has 32 heavy (non-hydrogen) atoms. The molecule has 3 aromatic carbocycles. The second-order valence-corrected chi connectivity index (χ2v) is 7.54. The zero-order valence-corrected chi connectivity index (χ0v) is 18.6. The summed E-state index contributed by atoms with van der Waals surface area (Å²) in [5, 5.41) is 4.80. The summed E-state index contributed by atoms with van der Waals surface area (Å²) in [7, 11) is 0. The molecule has 0 saturated heterocycles. The maximum Gasteiger partial charge on any atom is 0.344 e. The van der Waals surface area contributed by atoms with E-state index in [0.717, 1.165) is 5.39 Å². The third-order valence-electron chi connectivity index (χ3n) is 4.56. The molecule has 0 amide bonds. The van der Waals surface area contributed by atoms with Crippen LogP contribution in [-0.2, 0) is 11.3 Å². The average molecular weight is 496 g/mol. The Morgan fingerprint density at radius 2 is 1.72 bits per heavy atom. The highest BCUT2D eigenvalue weighted by molar-refractivity contribution is 9.10. The van der Waals surface area contributed by atoms with Gasteiger partial charge in [0, 0.05) is 15.9 Å². The summed E-state index contributed by atoms with van der Waals surface area (Å²) in [6.45, 7) is 2.25. The van der Waals surface area contributed by atoms with Crippen molar-refractivity contribution in [2.24, 2.45) is 0 Å². The van der Waals surface area contributed by atoms with Gasteiger partial charge in [-0.05, 0) is 71.4 Å². The van der Waals surface area contributed by atoms with E-state index in [4.69, 9.17) is 18.7 Å². The third-order valence-corrected chi connectivity index (χ3v) is 5.25. The minimum Gasteiger partial charge on any atom is -0.487 e. The molecule has 4 aromatic rings. The Bertz CT molecular complexity index is 1270. The molecule has 0 aliphatic rings. The SMILES string of the molecule is CCOC(=O)c1ccc(OCc2noc3cc(OC(=O)c4ccccc4Br)ccc23)cc1. The number of rotatable bonds is 7. The van der Waals surface area contributed by atoms with Crippen molar-refractivity contribution in [3.8, 4) is 11.5 Å². The van der Waals surface area contributed by atoms with E-state index < -0.39 is 5.97 Å². The summed E-state index contributed by atoms with van der Waals surface area (Å²) in [5.41, 5.74) is 1.95. The van der Waals surface area contributed by atoms with Crippen LogP contribution in [0.1, 0.15) is 33.3 Å². The number of esters is 2. The normalized spacial score (nSPS) is 10.7. The number of benzene rings is 3. The fraction of sp³-hybridized carbons (Fsp3) is 0.125. The van der Waals surface area contributed by atoms with Crippen molar-refractivity contribution >= 4 is 38.8 Å². The number of carbonyl (C=O) groups is 2. The van der Waals surface area contributed by atoms with Crippen LogP contribution >= 0.6 is 15.9 Å². The number of nitrogens with zero attached hydrogens (tertiary/aromatic N) is 1. The quantitative estimate of drug-likeness (QED) is 0.244. The maximum atomic E-state index is 12.4. The van der Waals surface area contributed by atoms with Crippen molar-refractivity contribution in [2.45, 2.75) is 13.5 Å². The molecule has 4 rings (SSSR count). The van der Waals surface area contributed by atoms with Crippen LogP contribution < -0.4 is 9.47 Å². The van der Waals surface area contributed by atoms with Crippen LogP contribution in [0.3, 0.4) is 0 Å². The van der Waals surface area contributed by atoms with Gasteiger partial charge in [0.2, 0.25) is 0 Å². The van der Waals surface area contributed by atoms with Gasteiger partial charge in [-0.1, -0.05) is 17.3 Å². The monoisotopic (exact) mass is 495 g/mol. The Balaban J connectivity index is 1.42. The Morgan fingerprint density at radius 1 is 0.969 bits per heavy atom. The second-order valence-electron chi connectivity index (χ2n) is 6.69.